The van der Waals surface area contributed by atoms with Gasteiger partial charge in [0.2, 0.25) is 0 Å². The number of rotatable bonds is 1. The molecule has 1 aliphatic heterocycles. The van der Waals surface area contributed by atoms with Gasteiger partial charge in [-0.05, 0) is 27.8 Å². The van der Waals surface area contributed by atoms with Gasteiger partial charge in [0, 0.05) is 11.1 Å². The SMILES string of the molecule is c1ccc(C2=NC3(c4ccccc42)c2ccccc2-c2ccccc23)cc1. The van der Waals surface area contributed by atoms with Crippen LogP contribution >= 0.6 is 0 Å². The number of hydrogen-bond acceptors (Lipinski definition) is 1. The summed E-state index contributed by atoms with van der Waals surface area (Å²) in [7, 11) is 0. The lowest BCUT2D eigenvalue weighted by atomic mass is 9.81. The molecule has 126 valence electrons. The van der Waals surface area contributed by atoms with Crippen molar-refractivity contribution in [2.24, 2.45) is 4.99 Å². The highest BCUT2D eigenvalue weighted by atomic mass is 14.9. The van der Waals surface area contributed by atoms with Crippen LogP contribution in [0.3, 0.4) is 0 Å². The quantitative estimate of drug-likeness (QED) is 0.413. The van der Waals surface area contributed by atoms with E-state index in [4.69, 9.17) is 4.99 Å². The Bertz CT molecular complexity index is 1170. The Hall–Kier alpha value is -3.45. The first kappa shape index (κ1) is 14.7. The molecule has 27 heavy (non-hydrogen) atoms. The molecule has 1 heterocycles. The van der Waals surface area contributed by atoms with E-state index in [9.17, 15) is 0 Å². The molecule has 0 saturated carbocycles. The van der Waals surface area contributed by atoms with E-state index < -0.39 is 5.54 Å². The number of nitrogens with zero attached hydrogens (tertiary/aromatic N) is 1. The van der Waals surface area contributed by atoms with Crippen molar-refractivity contribution in [3.05, 3.63) is 131 Å². The van der Waals surface area contributed by atoms with E-state index in [1.807, 2.05) is 0 Å². The first-order valence-electron chi connectivity index (χ1n) is 9.34. The second kappa shape index (κ2) is 5.28. The molecule has 2 aliphatic rings. The summed E-state index contributed by atoms with van der Waals surface area (Å²) in [6.45, 7) is 0. The zero-order valence-corrected chi connectivity index (χ0v) is 14.8. The van der Waals surface area contributed by atoms with Gasteiger partial charge in [0.05, 0.1) is 5.71 Å². The third-order valence-electron chi connectivity index (χ3n) is 5.82. The van der Waals surface area contributed by atoms with E-state index in [1.165, 1.54) is 38.9 Å². The van der Waals surface area contributed by atoms with Crippen LogP contribution in [0.15, 0.2) is 108 Å². The Balaban J connectivity index is 1.76. The van der Waals surface area contributed by atoms with Gasteiger partial charge in [-0.1, -0.05) is 103 Å². The predicted octanol–water partition coefficient (Wildman–Crippen LogP) is 5.81. The van der Waals surface area contributed by atoms with Gasteiger partial charge in [0.15, 0.2) is 0 Å². The normalized spacial score (nSPS) is 15.2. The van der Waals surface area contributed by atoms with Gasteiger partial charge >= 0.3 is 0 Å². The third kappa shape index (κ3) is 1.81. The van der Waals surface area contributed by atoms with Crippen molar-refractivity contribution in [2.75, 3.05) is 0 Å². The summed E-state index contributed by atoms with van der Waals surface area (Å²) in [4.78, 5) is 5.46. The van der Waals surface area contributed by atoms with Crippen LogP contribution in [-0.2, 0) is 5.54 Å². The van der Waals surface area contributed by atoms with E-state index in [2.05, 4.69) is 103 Å². The molecule has 1 aliphatic carbocycles. The van der Waals surface area contributed by atoms with Crippen molar-refractivity contribution >= 4 is 5.71 Å². The van der Waals surface area contributed by atoms with Crippen molar-refractivity contribution in [1.29, 1.82) is 0 Å². The zero-order chi connectivity index (χ0) is 17.8. The lowest BCUT2D eigenvalue weighted by molar-refractivity contribution is 0.692. The van der Waals surface area contributed by atoms with E-state index in [1.54, 1.807) is 0 Å². The molecule has 0 unspecified atom stereocenters. The molecule has 0 aromatic heterocycles. The van der Waals surface area contributed by atoms with E-state index in [0.717, 1.165) is 5.71 Å². The Labute approximate surface area is 158 Å². The Kier molecular flexibility index (Phi) is 2.87. The topological polar surface area (TPSA) is 12.4 Å². The highest BCUT2D eigenvalue weighted by Crippen LogP contribution is 2.56. The first-order valence-corrected chi connectivity index (χ1v) is 9.34. The molecule has 0 N–H and O–H groups in total. The Morgan fingerprint density at radius 3 is 1.48 bits per heavy atom. The van der Waals surface area contributed by atoms with Gasteiger partial charge in [0.25, 0.3) is 0 Å². The number of fused-ring (bicyclic) bond motifs is 7. The molecule has 1 heteroatoms. The average molecular weight is 343 g/mol. The van der Waals surface area contributed by atoms with Crippen LogP contribution in [0, 0.1) is 0 Å². The minimum Gasteiger partial charge on any atom is -0.263 e. The number of aliphatic imine (C=N–C) groups is 1. The molecule has 0 saturated heterocycles. The molecule has 6 rings (SSSR count). The molecule has 0 bridgehead atoms. The molecular weight excluding hydrogens is 326 g/mol. The lowest BCUT2D eigenvalue weighted by Crippen LogP contribution is -2.22. The molecule has 1 spiro atoms. The molecule has 0 amide bonds. The van der Waals surface area contributed by atoms with Crippen molar-refractivity contribution in [3.63, 3.8) is 0 Å². The molecule has 0 fully saturated rings. The maximum atomic E-state index is 5.46. The lowest BCUT2D eigenvalue weighted by Gasteiger charge is -2.25. The summed E-state index contributed by atoms with van der Waals surface area (Å²) >= 11 is 0. The van der Waals surface area contributed by atoms with Gasteiger partial charge in [-0.25, -0.2) is 0 Å². The fraction of sp³-hybridized carbons (Fsp3) is 0.0385. The molecular formula is C26H17N. The van der Waals surface area contributed by atoms with Crippen molar-refractivity contribution in [3.8, 4) is 11.1 Å². The minimum atomic E-state index is -0.449. The van der Waals surface area contributed by atoms with Crippen LogP contribution in [0.1, 0.15) is 27.8 Å². The van der Waals surface area contributed by atoms with Crippen LogP contribution < -0.4 is 0 Å². The van der Waals surface area contributed by atoms with Gasteiger partial charge in [-0.2, -0.15) is 0 Å². The highest BCUT2D eigenvalue weighted by molar-refractivity contribution is 6.17. The second-order valence-electron chi connectivity index (χ2n) is 7.17. The van der Waals surface area contributed by atoms with Gasteiger partial charge < -0.3 is 0 Å². The summed E-state index contributed by atoms with van der Waals surface area (Å²) in [5.74, 6) is 0. The summed E-state index contributed by atoms with van der Waals surface area (Å²) in [5, 5.41) is 0. The summed E-state index contributed by atoms with van der Waals surface area (Å²) in [5.41, 5.74) is 9.46. The van der Waals surface area contributed by atoms with E-state index in [-0.39, 0.29) is 0 Å². The fourth-order valence-electron chi connectivity index (χ4n) is 4.73. The van der Waals surface area contributed by atoms with Crippen LogP contribution in [0.5, 0.6) is 0 Å². The molecule has 4 aromatic carbocycles. The number of benzene rings is 4. The predicted molar refractivity (Wildman–Crippen MR) is 110 cm³/mol. The average Bonchev–Trinajstić information content (AvgIpc) is 3.24. The molecule has 1 nitrogen and oxygen atoms in total. The Morgan fingerprint density at radius 2 is 0.889 bits per heavy atom. The maximum Gasteiger partial charge on any atom is 0.138 e. The summed E-state index contributed by atoms with van der Waals surface area (Å²) < 4.78 is 0. The zero-order valence-electron chi connectivity index (χ0n) is 14.8. The van der Waals surface area contributed by atoms with Crippen LogP contribution in [0.2, 0.25) is 0 Å². The minimum absolute atomic E-state index is 0.449. The molecule has 4 aromatic rings. The smallest absolute Gasteiger partial charge is 0.138 e. The summed E-state index contributed by atoms with van der Waals surface area (Å²) in [6, 6.07) is 36.7. The largest absolute Gasteiger partial charge is 0.263 e. The van der Waals surface area contributed by atoms with E-state index >= 15 is 0 Å². The van der Waals surface area contributed by atoms with Crippen LogP contribution in [0.4, 0.5) is 0 Å². The molecule has 0 atom stereocenters. The fourth-order valence-corrected chi connectivity index (χ4v) is 4.73. The standard InChI is InChI=1S/C26H17N/c1-2-10-18(11-3-1)25-21-14-6-9-17-24(21)26(27-25)22-15-7-4-12-19(22)20-13-5-8-16-23(20)26/h1-17H. The first-order chi connectivity index (χ1) is 13.4. The van der Waals surface area contributed by atoms with Crippen molar-refractivity contribution in [2.45, 2.75) is 5.54 Å². The van der Waals surface area contributed by atoms with E-state index in [0.29, 0.717) is 0 Å². The Morgan fingerprint density at radius 1 is 0.444 bits per heavy atom. The maximum absolute atomic E-state index is 5.46. The van der Waals surface area contributed by atoms with Gasteiger partial charge in [0.1, 0.15) is 5.54 Å². The van der Waals surface area contributed by atoms with Gasteiger partial charge in [-0.15, -0.1) is 0 Å². The van der Waals surface area contributed by atoms with Crippen molar-refractivity contribution < 1.29 is 0 Å². The third-order valence-corrected chi connectivity index (χ3v) is 5.82. The number of hydrogen-bond donors (Lipinski definition) is 0. The van der Waals surface area contributed by atoms with Crippen LogP contribution in [0.25, 0.3) is 11.1 Å². The summed E-state index contributed by atoms with van der Waals surface area (Å²) in [6.07, 6.45) is 0. The van der Waals surface area contributed by atoms with Gasteiger partial charge in [-0.3, -0.25) is 4.99 Å². The van der Waals surface area contributed by atoms with Crippen molar-refractivity contribution in [1.82, 2.24) is 0 Å². The second-order valence-corrected chi connectivity index (χ2v) is 7.17. The highest BCUT2D eigenvalue weighted by Gasteiger charge is 2.49. The molecule has 0 radical (unpaired) electrons. The monoisotopic (exact) mass is 343 g/mol. The van der Waals surface area contributed by atoms with Crippen LogP contribution in [-0.4, -0.2) is 5.71 Å².